The summed E-state index contributed by atoms with van der Waals surface area (Å²) >= 11 is -7.66. The summed E-state index contributed by atoms with van der Waals surface area (Å²) < 4.78 is 223. The Balaban J connectivity index is 2.55. The van der Waals surface area contributed by atoms with E-state index in [1.54, 1.807) is 0 Å². The summed E-state index contributed by atoms with van der Waals surface area (Å²) in [6, 6.07) is 0.0928. The van der Waals surface area contributed by atoms with E-state index in [2.05, 4.69) is 13.6 Å². The molecule has 27 heteroatoms. The molecule has 0 saturated heterocycles. The van der Waals surface area contributed by atoms with Gasteiger partial charge < -0.3 is 4.18 Å². The Morgan fingerprint density at radius 2 is 1.28 bits per heavy atom. The van der Waals surface area contributed by atoms with Crippen molar-refractivity contribution in [3.05, 3.63) is 48.0 Å². The van der Waals surface area contributed by atoms with Crippen molar-refractivity contribution < 1.29 is 96.3 Å². The molecule has 0 saturated carbocycles. The van der Waals surface area contributed by atoms with E-state index in [0.29, 0.717) is 6.07 Å². The monoisotopic (exact) mass is 742 g/mol. The lowest BCUT2D eigenvalue weighted by molar-refractivity contribution is -0.440. The molecule has 0 aliphatic carbocycles. The third-order valence-corrected chi connectivity index (χ3v) is 10.9. The van der Waals surface area contributed by atoms with E-state index in [9.17, 15) is 72.9 Å². The maximum atomic E-state index is 14.2. The standard InChI is InChI=1S/C16H8F10O12S5/c17-9-3-1-7(5-11(9)39-36-13(27)14(19,20)42(25,26)38-37-28)40(29,30)8-2-4-10(18)12(6-8)41(31,32)15(21,22)16(23,24)43(33,34)35/h1-6,28H,(H,33,34,35). The highest BCUT2D eigenvalue weighted by Gasteiger charge is 2.73. The summed E-state index contributed by atoms with van der Waals surface area (Å²) in [7, 11) is -19.7. The Morgan fingerprint density at radius 1 is 0.791 bits per heavy atom. The Bertz CT molecular complexity index is 1750. The summed E-state index contributed by atoms with van der Waals surface area (Å²) in [6.07, 6.45) is 0. The van der Waals surface area contributed by atoms with Gasteiger partial charge in [-0.05, 0) is 36.4 Å². The smallest absolute Gasteiger partial charge is 0.381 e. The lowest BCUT2D eigenvalue weighted by Gasteiger charge is -2.24. The molecule has 0 aromatic heterocycles. The van der Waals surface area contributed by atoms with Gasteiger partial charge in [0.05, 0.1) is 26.7 Å². The Labute approximate surface area is 238 Å². The van der Waals surface area contributed by atoms with Gasteiger partial charge in [-0.25, -0.2) is 35.7 Å². The van der Waals surface area contributed by atoms with Crippen molar-refractivity contribution in [3.63, 3.8) is 0 Å². The largest absolute Gasteiger partial charge is 0.449 e. The first-order valence-electron chi connectivity index (χ1n) is 9.50. The second kappa shape index (κ2) is 11.8. The van der Waals surface area contributed by atoms with Crippen LogP contribution in [0, 0.1) is 11.6 Å². The average Bonchev–Trinajstić information content (AvgIpc) is 2.86. The van der Waals surface area contributed by atoms with Crippen molar-refractivity contribution in [2.24, 2.45) is 0 Å². The van der Waals surface area contributed by atoms with Gasteiger partial charge in [0.1, 0.15) is 16.5 Å². The van der Waals surface area contributed by atoms with Crippen molar-refractivity contribution in [1.82, 2.24) is 0 Å². The number of alkyl halides is 6. The third kappa shape index (κ3) is 6.53. The zero-order valence-corrected chi connectivity index (χ0v) is 23.3. The van der Waals surface area contributed by atoms with E-state index in [1.807, 2.05) is 0 Å². The van der Waals surface area contributed by atoms with Crippen LogP contribution in [0.25, 0.3) is 0 Å². The van der Waals surface area contributed by atoms with Gasteiger partial charge in [-0.3, -0.25) is 4.55 Å². The first kappa shape index (κ1) is 36.8. The predicted octanol–water partition coefficient (Wildman–Crippen LogP) is 4.70. The molecule has 0 unspecified atom stereocenters. The third-order valence-electron chi connectivity index (χ3n) is 4.57. The summed E-state index contributed by atoms with van der Waals surface area (Å²) in [5.74, 6) is -7.07. The number of carbonyl (C=O) groups is 1. The fourth-order valence-electron chi connectivity index (χ4n) is 2.46. The number of sulfone groups is 2. The molecule has 0 aliphatic heterocycles. The lowest BCUT2D eigenvalue weighted by atomic mass is 10.3. The zero-order valence-electron chi connectivity index (χ0n) is 19.3. The Hall–Kier alpha value is -2.40. The van der Waals surface area contributed by atoms with Gasteiger partial charge in [-0.15, -0.1) is 7.77 Å². The number of rotatable bonds is 12. The molecule has 244 valence electrons. The lowest BCUT2D eigenvalue weighted by Crippen LogP contribution is -2.51. The maximum absolute atomic E-state index is 14.2. The molecule has 0 spiro atoms. The number of halogens is 10. The van der Waals surface area contributed by atoms with Crippen LogP contribution in [0.3, 0.4) is 0 Å². The first-order chi connectivity index (χ1) is 19.2. The summed E-state index contributed by atoms with van der Waals surface area (Å²) in [4.78, 5) is 4.81. The molecule has 2 N–H and O–H groups in total. The van der Waals surface area contributed by atoms with Gasteiger partial charge in [0.2, 0.25) is 9.84 Å². The van der Waals surface area contributed by atoms with Gasteiger partial charge in [0.25, 0.3) is 20.9 Å². The minimum atomic E-state index is -7.19. The zero-order chi connectivity index (χ0) is 33.6. The topological polar surface area (TPSA) is 188 Å². The van der Waals surface area contributed by atoms with E-state index in [-0.39, 0.29) is 24.3 Å². The SMILES string of the molecule is O=C(OSc1cc(S(=O)(=O)c2ccc(F)c(S(=O)(=O)C(F)(F)C(F)(F)S(=O)(=O)O)c2)ccc1F)C(F)(F)S(F)(F)OOO. The first-order valence-corrected chi connectivity index (χ1v) is 16.0. The van der Waals surface area contributed by atoms with E-state index < -0.39 is 112 Å². The molecular weight excluding hydrogens is 734 g/mol. The molecule has 12 nitrogen and oxygen atoms in total. The maximum Gasteiger partial charge on any atom is 0.449 e. The molecule has 0 aliphatic rings. The van der Waals surface area contributed by atoms with Crippen LogP contribution in [0.1, 0.15) is 0 Å². The number of hydrogen-bond acceptors (Lipinski definition) is 12. The molecule has 2 aromatic carbocycles. The van der Waals surface area contributed by atoms with Gasteiger partial charge in [-0.2, -0.15) is 34.8 Å². The minimum Gasteiger partial charge on any atom is -0.381 e. The second-order valence-corrected chi connectivity index (χ2v) is 14.9. The molecule has 0 fully saturated rings. The van der Waals surface area contributed by atoms with Gasteiger partial charge >= 0.3 is 31.9 Å². The molecular formula is C16H8F10O12S5. The van der Waals surface area contributed by atoms with Crippen molar-refractivity contribution in [2.75, 3.05) is 0 Å². The van der Waals surface area contributed by atoms with E-state index in [4.69, 9.17) is 9.81 Å². The van der Waals surface area contributed by atoms with Gasteiger partial charge in [0, 0.05) is 0 Å². The van der Waals surface area contributed by atoms with E-state index in [0.717, 1.165) is 0 Å². The number of benzene rings is 2. The normalized spacial score (nSPS) is 14.4. The second-order valence-electron chi connectivity index (χ2n) is 7.24. The molecule has 0 radical (unpaired) electrons. The van der Waals surface area contributed by atoms with Crippen LogP contribution in [0.2, 0.25) is 0 Å². The quantitative estimate of drug-likeness (QED) is 0.0762. The molecule has 43 heavy (non-hydrogen) atoms. The Morgan fingerprint density at radius 3 is 1.77 bits per heavy atom. The van der Waals surface area contributed by atoms with Crippen molar-refractivity contribution in [3.8, 4) is 0 Å². The van der Waals surface area contributed by atoms with Gasteiger partial charge in [0.15, 0.2) is 0 Å². The molecule has 0 amide bonds. The molecule has 2 aromatic rings. The van der Waals surface area contributed by atoms with Crippen LogP contribution in [0.15, 0.2) is 56.0 Å². The minimum absolute atomic E-state index is 0.109. The van der Waals surface area contributed by atoms with Crippen LogP contribution >= 0.6 is 23.1 Å². The van der Waals surface area contributed by atoms with Crippen LogP contribution < -0.4 is 0 Å². The van der Waals surface area contributed by atoms with Crippen molar-refractivity contribution >= 4 is 58.9 Å². The Kier molecular flexibility index (Phi) is 10.1. The van der Waals surface area contributed by atoms with E-state index >= 15 is 0 Å². The molecule has 0 heterocycles. The molecule has 2 rings (SSSR count). The van der Waals surface area contributed by atoms with Crippen molar-refractivity contribution in [2.45, 2.75) is 35.3 Å². The van der Waals surface area contributed by atoms with Crippen LogP contribution in [-0.4, -0.2) is 56.8 Å². The predicted molar refractivity (Wildman–Crippen MR) is 118 cm³/mol. The number of carbonyl (C=O) groups excluding carboxylic acids is 1. The average molecular weight is 743 g/mol. The highest BCUT2D eigenvalue weighted by atomic mass is 32.3. The number of hydrogen-bond donors (Lipinski definition) is 2. The van der Waals surface area contributed by atoms with Crippen molar-refractivity contribution in [1.29, 1.82) is 0 Å². The van der Waals surface area contributed by atoms with Crippen LogP contribution in [0.4, 0.5) is 42.9 Å². The fraction of sp³-hybridized carbons (Fsp3) is 0.188. The highest BCUT2D eigenvalue weighted by molar-refractivity contribution is 8.22. The van der Waals surface area contributed by atoms with Crippen LogP contribution in [0.5, 0.6) is 0 Å². The summed E-state index contributed by atoms with van der Waals surface area (Å²) in [5.41, 5.74) is 0. The highest BCUT2D eigenvalue weighted by Crippen LogP contribution is 2.65. The molecule has 0 atom stereocenters. The summed E-state index contributed by atoms with van der Waals surface area (Å²) in [5, 5.41) is -9.31. The molecule has 0 bridgehead atoms. The van der Waals surface area contributed by atoms with Gasteiger partial charge in [-0.1, -0.05) is 9.37 Å². The van der Waals surface area contributed by atoms with Crippen LogP contribution in [-0.2, 0) is 48.1 Å². The fourth-order valence-corrected chi connectivity index (χ4v) is 7.11. The van der Waals surface area contributed by atoms with E-state index in [1.165, 1.54) is 0 Å². The summed E-state index contributed by atoms with van der Waals surface area (Å²) in [6.45, 7) is 0.